The van der Waals surface area contributed by atoms with Crippen molar-refractivity contribution >= 4 is 17.5 Å². The summed E-state index contributed by atoms with van der Waals surface area (Å²) in [7, 11) is 0. The Balaban J connectivity index is 1.43. The summed E-state index contributed by atoms with van der Waals surface area (Å²) in [6.45, 7) is 8.81. The van der Waals surface area contributed by atoms with Gasteiger partial charge in [-0.15, -0.1) is 0 Å². The van der Waals surface area contributed by atoms with Crippen LogP contribution in [-0.2, 0) is 14.3 Å². The zero-order valence-corrected chi connectivity index (χ0v) is 17.5. The number of morpholine rings is 1. The summed E-state index contributed by atoms with van der Waals surface area (Å²) in [6, 6.07) is 10.2. The monoisotopic (exact) mass is 400 g/mol. The lowest BCUT2D eigenvalue weighted by Gasteiger charge is -2.36. The van der Waals surface area contributed by atoms with E-state index in [0.717, 1.165) is 44.0 Å². The predicted molar refractivity (Wildman–Crippen MR) is 113 cm³/mol. The Morgan fingerprint density at radius 3 is 2.52 bits per heavy atom. The Morgan fingerprint density at radius 1 is 1.10 bits per heavy atom. The van der Waals surface area contributed by atoms with E-state index < -0.39 is 0 Å². The van der Waals surface area contributed by atoms with Crippen LogP contribution in [0.15, 0.2) is 35.4 Å². The molecule has 1 unspecified atom stereocenters. The fraction of sp³-hybridized carbons (Fsp3) is 0.591. The molecule has 0 bridgehead atoms. The lowest BCUT2D eigenvalue weighted by atomic mass is 10.0. The van der Waals surface area contributed by atoms with E-state index in [1.165, 1.54) is 5.01 Å². The number of rotatable bonds is 8. The van der Waals surface area contributed by atoms with Crippen molar-refractivity contribution in [3.05, 3.63) is 35.9 Å². The molecule has 1 aromatic rings. The molecule has 7 heteroatoms. The lowest BCUT2D eigenvalue weighted by molar-refractivity contribution is -0.133. The van der Waals surface area contributed by atoms with Crippen LogP contribution in [0.25, 0.3) is 0 Å². The van der Waals surface area contributed by atoms with Gasteiger partial charge < -0.3 is 10.1 Å². The molecule has 0 saturated carbocycles. The molecule has 1 fully saturated rings. The molecule has 1 N–H and O–H groups in total. The van der Waals surface area contributed by atoms with Gasteiger partial charge in [-0.25, -0.2) is 5.01 Å². The highest BCUT2D eigenvalue weighted by atomic mass is 16.5. The third-order valence-corrected chi connectivity index (χ3v) is 5.56. The minimum Gasteiger partial charge on any atom is -0.379 e. The maximum atomic E-state index is 12.4. The van der Waals surface area contributed by atoms with Gasteiger partial charge in [0, 0.05) is 44.9 Å². The Morgan fingerprint density at radius 2 is 1.83 bits per heavy atom. The fourth-order valence-electron chi connectivity index (χ4n) is 3.82. The molecule has 1 saturated heterocycles. The smallest absolute Gasteiger partial charge is 0.243 e. The second kappa shape index (κ2) is 10.5. The Bertz CT molecular complexity index is 714. The van der Waals surface area contributed by atoms with Crippen molar-refractivity contribution in [2.75, 3.05) is 39.4 Å². The van der Waals surface area contributed by atoms with Crippen molar-refractivity contribution in [1.82, 2.24) is 15.2 Å². The second-order valence-electron chi connectivity index (χ2n) is 7.94. The maximum Gasteiger partial charge on any atom is 0.243 e. The summed E-state index contributed by atoms with van der Waals surface area (Å²) in [5, 5.41) is 8.96. The quantitative estimate of drug-likeness (QED) is 0.723. The molecule has 0 radical (unpaired) electrons. The molecule has 2 amide bonds. The van der Waals surface area contributed by atoms with E-state index in [4.69, 9.17) is 4.74 Å². The summed E-state index contributed by atoms with van der Waals surface area (Å²) in [5.41, 5.74) is 1.97. The van der Waals surface area contributed by atoms with Gasteiger partial charge in [0.1, 0.15) is 0 Å². The molecule has 1 atom stereocenters. The first-order chi connectivity index (χ1) is 14.0. The van der Waals surface area contributed by atoms with Crippen molar-refractivity contribution in [3.63, 3.8) is 0 Å². The van der Waals surface area contributed by atoms with Crippen LogP contribution in [0.4, 0.5) is 0 Å². The Labute approximate surface area is 173 Å². The molecule has 2 aliphatic rings. The number of nitrogens with one attached hydrogen (secondary N) is 1. The number of hydrazone groups is 1. The van der Waals surface area contributed by atoms with Crippen LogP contribution < -0.4 is 5.32 Å². The molecule has 0 aliphatic carbocycles. The van der Waals surface area contributed by atoms with Gasteiger partial charge in [0.15, 0.2) is 0 Å². The summed E-state index contributed by atoms with van der Waals surface area (Å²) >= 11 is 0. The molecular weight excluding hydrogens is 368 g/mol. The molecule has 3 rings (SSSR count). The van der Waals surface area contributed by atoms with Crippen LogP contribution in [0, 0.1) is 5.92 Å². The second-order valence-corrected chi connectivity index (χ2v) is 7.94. The minimum atomic E-state index is -0.0975. The zero-order chi connectivity index (χ0) is 20.6. The fourth-order valence-corrected chi connectivity index (χ4v) is 3.82. The Hall–Kier alpha value is -2.25. The number of carbonyl (C=O) groups excluding carboxylic acids is 2. The summed E-state index contributed by atoms with van der Waals surface area (Å²) < 4.78 is 5.42. The van der Waals surface area contributed by atoms with Gasteiger partial charge in [-0.3, -0.25) is 14.5 Å². The van der Waals surface area contributed by atoms with Crippen LogP contribution in [0.3, 0.4) is 0 Å². The average Bonchev–Trinajstić information content (AvgIpc) is 3.24. The molecule has 29 heavy (non-hydrogen) atoms. The highest BCUT2D eigenvalue weighted by Gasteiger charge is 2.25. The highest BCUT2D eigenvalue weighted by molar-refractivity contribution is 6.02. The third kappa shape index (κ3) is 6.11. The van der Waals surface area contributed by atoms with Gasteiger partial charge in [-0.1, -0.05) is 44.2 Å². The van der Waals surface area contributed by atoms with Crippen molar-refractivity contribution in [2.24, 2.45) is 11.0 Å². The number of benzene rings is 1. The van der Waals surface area contributed by atoms with Crippen LogP contribution in [0.2, 0.25) is 0 Å². The normalized spacial score (nSPS) is 18.6. The molecule has 2 aliphatic heterocycles. The molecule has 2 heterocycles. The molecule has 7 nitrogen and oxygen atoms in total. The average molecular weight is 401 g/mol. The number of amides is 2. The van der Waals surface area contributed by atoms with Gasteiger partial charge in [0.25, 0.3) is 0 Å². The largest absolute Gasteiger partial charge is 0.379 e. The standard InChI is InChI=1S/C22H32N4O3/c1-17(2)20(25-12-14-29-15-13-25)16-23-21(27)8-9-22(28)26-11-10-19(24-26)18-6-4-3-5-7-18/h3-7,17,20H,8-16H2,1-2H3,(H,23,27). The van der Waals surface area contributed by atoms with E-state index in [1.807, 2.05) is 30.3 Å². The van der Waals surface area contributed by atoms with E-state index in [0.29, 0.717) is 19.0 Å². The summed E-state index contributed by atoms with van der Waals surface area (Å²) in [6.07, 6.45) is 1.12. The van der Waals surface area contributed by atoms with Gasteiger partial charge in [-0.05, 0) is 11.5 Å². The first kappa shape index (κ1) is 21.5. The minimum absolute atomic E-state index is 0.0799. The van der Waals surface area contributed by atoms with E-state index in [2.05, 4.69) is 29.2 Å². The zero-order valence-electron chi connectivity index (χ0n) is 17.5. The summed E-state index contributed by atoms with van der Waals surface area (Å²) in [4.78, 5) is 27.1. The number of nitrogens with zero attached hydrogens (tertiary/aromatic N) is 3. The number of ether oxygens (including phenoxy) is 1. The highest BCUT2D eigenvalue weighted by Crippen LogP contribution is 2.15. The maximum absolute atomic E-state index is 12.4. The summed E-state index contributed by atoms with van der Waals surface area (Å²) in [5.74, 6) is 0.258. The van der Waals surface area contributed by atoms with E-state index in [1.54, 1.807) is 0 Å². The first-order valence-corrected chi connectivity index (χ1v) is 10.6. The molecule has 158 valence electrons. The molecule has 0 aromatic heterocycles. The van der Waals surface area contributed by atoms with E-state index in [-0.39, 0.29) is 30.7 Å². The first-order valence-electron chi connectivity index (χ1n) is 10.6. The predicted octanol–water partition coefficient (Wildman–Crippen LogP) is 1.88. The van der Waals surface area contributed by atoms with Gasteiger partial charge in [0.2, 0.25) is 11.8 Å². The molecule has 0 spiro atoms. The SMILES string of the molecule is CC(C)C(CNC(=O)CCC(=O)N1CCC(c2ccccc2)=N1)N1CCOCC1. The number of carbonyl (C=O) groups is 2. The van der Waals surface area contributed by atoms with Crippen LogP contribution in [-0.4, -0.2) is 72.9 Å². The van der Waals surface area contributed by atoms with Crippen LogP contribution >= 0.6 is 0 Å². The van der Waals surface area contributed by atoms with Crippen molar-refractivity contribution in [2.45, 2.75) is 39.2 Å². The number of hydrogen-bond donors (Lipinski definition) is 1. The number of hydrogen-bond acceptors (Lipinski definition) is 5. The third-order valence-electron chi connectivity index (χ3n) is 5.56. The van der Waals surface area contributed by atoms with Crippen molar-refractivity contribution in [3.8, 4) is 0 Å². The Kier molecular flexibility index (Phi) is 7.77. The van der Waals surface area contributed by atoms with Gasteiger partial charge >= 0.3 is 0 Å². The van der Waals surface area contributed by atoms with Crippen LogP contribution in [0.1, 0.15) is 38.7 Å². The van der Waals surface area contributed by atoms with E-state index >= 15 is 0 Å². The van der Waals surface area contributed by atoms with E-state index in [9.17, 15) is 9.59 Å². The van der Waals surface area contributed by atoms with Gasteiger partial charge in [0.05, 0.1) is 25.5 Å². The van der Waals surface area contributed by atoms with Crippen molar-refractivity contribution in [1.29, 1.82) is 0 Å². The lowest BCUT2D eigenvalue weighted by Crippen LogP contribution is -2.51. The van der Waals surface area contributed by atoms with Crippen LogP contribution in [0.5, 0.6) is 0 Å². The van der Waals surface area contributed by atoms with Crippen molar-refractivity contribution < 1.29 is 14.3 Å². The molecule has 1 aromatic carbocycles. The van der Waals surface area contributed by atoms with Gasteiger partial charge in [-0.2, -0.15) is 5.10 Å². The molecular formula is C22H32N4O3. The topological polar surface area (TPSA) is 74.2 Å².